The molecule has 0 amide bonds. The number of ketones is 1. The minimum atomic E-state index is -2.85. The van der Waals surface area contributed by atoms with Crippen LogP contribution in [0.2, 0.25) is 0 Å². The van der Waals surface area contributed by atoms with E-state index in [0.717, 1.165) is 72.1 Å². The van der Waals surface area contributed by atoms with E-state index in [1.54, 1.807) is 23.0 Å². The van der Waals surface area contributed by atoms with Gasteiger partial charge in [0.15, 0.2) is 0 Å². The number of hydrogen-bond donors (Lipinski definition) is 3. The van der Waals surface area contributed by atoms with Crippen molar-refractivity contribution in [3.05, 3.63) is 268 Å². The van der Waals surface area contributed by atoms with Crippen LogP contribution in [0.4, 0.5) is 58.7 Å². The standard InChI is InChI=1S/C27H30F2N4O3.C19H22F2N4O2.C12H14F2.C12H16O.C12H14O.C11H13F2N/c1-34-22-9-7-21(8-10-22)19-36-25-18-24(32-13-15-35-16-14-32)30-26(31-25)33-12-11-27(28,29)23(33)17-20-5-3-2-4-6-20;20-19(21)6-7-25(15(19)12-14-4-2-1-3-5-14)18-22-16(13-17(26)23-18)24-8-10-27-11-9-24;13-12(14)8-4-7-11(12)9-10-5-2-1-3-6-10;2*13-12-8-4-7-11(12)9-10-5-2-1-3-6-10;12-11(13)6-7-14-10(11)8-9-4-2-1-3-5-9/h2-10,18,23H,11-17,19H2,1H3;1-5,13,15H,6-12H2,(H,22,23,26);1-3,5-6,11H,4,7-9H2;1-3,5-6,11-13H,4,7-9H2;1-3,5-6,11H,4,7-9H2;1-5,10,14H,6-8H2/t23-;15-;11-;11-,12-;11-;10-/m000000/s1. The molecule has 0 unspecified atom stereocenters. The van der Waals surface area contributed by atoms with Crippen molar-refractivity contribution in [2.24, 2.45) is 17.8 Å². The number of aromatic amines is 1. The lowest BCUT2D eigenvalue weighted by atomic mass is 9.96. The fourth-order valence-corrected chi connectivity index (χ4v) is 16.4. The van der Waals surface area contributed by atoms with E-state index in [9.17, 15) is 41.0 Å². The highest BCUT2D eigenvalue weighted by Gasteiger charge is 2.52. The second-order valence-electron chi connectivity index (χ2n) is 31.4. The maximum Gasteiger partial charge on any atom is 0.270 e. The molecule has 0 radical (unpaired) electrons. The van der Waals surface area contributed by atoms with Gasteiger partial charge < -0.3 is 49.0 Å². The number of nitrogens with one attached hydrogen (secondary N) is 2. The van der Waals surface area contributed by atoms with Crippen LogP contribution in [0.5, 0.6) is 11.6 Å². The molecule has 5 saturated heterocycles. The van der Waals surface area contributed by atoms with Gasteiger partial charge in [-0.1, -0.05) is 201 Å². The number of Topliss-reactive ketones (excluding diaryl/α,β-unsaturated/α-hetero) is 1. The number of alkyl halides is 8. The highest BCUT2D eigenvalue weighted by molar-refractivity contribution is 5.83. The average Bonchev–Trinajstić information content (AvgIpc) is 1.67. The molecule has 0 spiro atoms. The number of nitrogens with zero attached hydrogens (tertiary/aromatic N) is 7. The van der Waals surface area contributed by atoms with Gasteiger partial charge in [-0.15, -0.1) is 0 Å². The summed E-state index contributed by atoms with van der Waals surface area (Å²) in [6.07, 6.45) is 10.5. The van der Waals surface area contributed by atoms with E-state index in [1.807, 2.05) is 175 Å². The van der Waals surface area contributed by atoms with Crippen LogP contribution in [-0.4, -0.2) is 158 Å². The van der Waals surface area contributed by atoms with E-state index in [1.165, 1.54) is 30.0 Å². The number of hydrogen-bond acceptors (Lipinski definition) is 15. The summed E-state index contributed by atoms with van der Waals surface area (Å²) >= 11 is 0. The first kappa shape index (κ1) is 86.6. The van der Waals surface area contributed by atoms with Crippen LogP contribution in [0.15, 0.2) is 223 Å². The third-order valence-corrected chi connectivity index (χ3v) is 23.1. The number of morpholine rings is 2. The van der Waals surface area contributed by atoms with Crippen LogP contribution >= 0.6 is 0 Å². The van der Waals surface area contributed by atoms with Gasteiger partial charge in [0.2, 0.25) is 17.8 Å². The predicted molar refractivity (Wildman–Crippen MR) is 442 cm³/mol. The first-order valence-electron chi connectivity index (χ1n) is 41.3. The van der Waals surface area contributed by atoms with E-state index in [2.05, 4.69) is 61.6 Å². The number of aliphatic hydroxyl groups is 1. The topological polar surface area (TPSA) is 171 Å². The lowest BCUT2D eigenvalue weighted by molar-refractivity contribution is -0.120. The van der Waals surface area contributed by atoms with Crippen LogP contribution in [0.25, 0.3) is 0 Å². The van der Waals surface area contributed by atoms with E-state index < -0.39 is 47.7 Å². The Morgan fingerprint density at radius 2 is 0.949 bits per heavy atom. The second kappa shape index (κ2) is 42.1. The first-order valence-corrected chi connectivity index (χ1v) is 41.3. The van der Waals surface area contributed by atoms with Crippen molar-refractivity contribution in [3.8, 4) is 11.6 Å². The van der Waals surface area contributed by atoms with Crippen LogP contribution < -0.4 is 39.9 Å². The number of anilines is 4. The molecule has 624 valence electrons. The zero-order valence-corrected chi connectivity index (χ0v) is 66.6. The van der Waals surface area contributed by atoms with E-state index in [4.69, 9.17) is 23.9 Å². The molecule has 16 nitrogen and oxygen atoms in total. The van der Waals surface area contributed by atoms with Crippen molar-refractivity contribution < 1.29 is 64.0 Å². The van der Waals surface area contributed by atoms with Crippen LogP contribution in [0, 0.1) is 17.8 Å². The molecule has 8 aliphatic rings. The summed E-state index contributed by atoms with van der Waals surface area (Å²) in [4.78, 5) is 47.2. The lowest BCUT2D eigenvalue weighted by Gasteiger charge is -2.31. The largest absolute Gasteiger partial charge is 0.497 e. The molecule has 3 aliphatic carbocycles. The maximum atomic E-state index is 15.1. The van der Waals surface area contributed by atoms with Crippen molar-refractivity contribution in [1.29, 1.82) is 0 Å². The monoisotopic (exact) mass is 1620 g/mol. The second-order valence-corrected chi connectivity index (χ2v) is 31.4. The normalized spacial score (nSPS) is 22.6. The number of ether oxygens (including phenoxy) is 4. The predicted octanol–water partition coefficient (Wildman–Crippen LogP) is 17.3. The van der Waals surface area contributed by atoms with Gasteiger partial charge in [0.1, 0.15) is 29.8 Å². The van der Waals surface area contributed by atoms with Crippen LogP contribution in [0.3, 0.4) is 0 Å². The molecular weight excluding hydrogens is 1510 g/mol. The molecule has 117 heavy (non-hydrogen) atoms. The third-order valence-electron chi connectivity index (χ3n) is 23.1. The maximum absolute atomic E-state index is 15.1. The van der Waals surface area contributed by atoms with Gasteiger partial charge in [-0.2, -0.15) is 15.0 Å². The van der Waals surface area contributed by atoms with E-state index >= 15 is 8.78 Å². The minimum absolute atomic E-state index is 0.0372. The molecule has 3 saturated carbocycles. The quantitative estimate of drug-likeness (QED) is 0.0615. The smallest absolute Gasteiger partial charge is 0.270 e. The van der Waals surface area contributed by atoms with Crippen molar-refractivity contribution in [3.63, 3.8) is 0 Å². The number of carbonyl (C=O) groups excluding carboxylic acids is 1. The molecule has 7 aromatic carbocycles. The number of carbonyl (C=O) groups is 1. The molecule has 2 aromatic heterocycles. The molecule has 3 N–H and O–H groups in total. The highest BCUT2D eigenvalue weighted by atomic mass is 19.3. The van der Waals surface area contributed by atoms with E-state index in [0.29, 0.717) is 120 Å². The summed E-state index contributed by atoms with van der Waals surface area (Å²) < 4.78 is 134. The van der Waals surface area contributed by atoms with Gasteiger partial charge >= 0.3 is 0 Å². The van der Waals surface area contributed by atoms with Crippen molar-refractivity contribution >= 4 is 29.3 Å². The third kappa shape index (κ3) is 25.4. The number of H-pyrrole nitrogens is 1. The van der Waals surface area contributed by atoms with Gasteiger partial charge in [-0.3, -0.25) is 14.6 Å². The number of benzene rings is 7. The van der Waals surface area contributed by atoms with Crippen LogP contribution in [0.1, 0.15) is 116 Å². The molecule has 5 aliphatic heterocycles. The number of rotatable bonds is 20. The zero-order chi connectivity index (χ0) is 82.0. The van der Waals surface area contributed by atoms with Gasteiger partial charge in [-0.05, 0) is 134 Å². The molecule has 17 rings (SSSR count). The zero-order valence-electron chi connectivity index (χ0n) is 66.6. The Morgan fingerprint density at radius 1 is 0.462 bits per heavy atom. The Balaban J connectivity index is 0.000000137. The molecule has 7 atom stereocenters. The van der Waals surface area contributed by atoms with Crippen LogP contribution in [-0.2, 0) is 59.4 Å². The summed E-state index contributed by atoms with van der Waals surface area (Å²) in [5, 5.41) is 12.5. The first-order chi connectivity index (χ1) is 56.6. The Hall–Kier alpha value is -9.75. The summed E-state index contributed by atoms with van der Waals surface area (Å²) in [5.74, 6) is -7.09. The SMILES string of the molecule is COc1ccc(COc2cc(N3CCOCC3)nc(N3CCC(F)(F)[C@@H]3Cc3ccccc3)n2)cc1.FC1(F)CCC[C@H]1Cc1ccccc1.FC1(F)CCN[C@H]1Cc1ccccc1.O=C1CCC[C@H]1Cc1ccccc1.O=c1cc(N2CCOCC2)nc(N2CCC(F)(F)[C@@H]2Cc2ccccc2)[nH]1.O[C@H]1CCC[C@H]1Cc1ccccc1. The Morgan fingerprint density at radius 3 is 1.42 bits per heavy atom. The average molecular weight is 1620 g/mol. The fraction of sp³-hybridized carbons (Fsp3) is 0.452. The van der Waals surface area contributed by atoms with Gasteiger partial charge in [-0.25, -0.2) is 35.1 Å². The summed E-state index contributed by atoms with van der Waals surface area (Å²) in [7, 11) is 1.62. The van der Waals surface area contributed by atoms with Gasteiger partial charge in [0, 0.05) is 102 Å². The molecule has 8 fully saturated rings. The Labute approximate surface area is 681 Å². The van der Waals surface area contributed by atoms with Gasteiger partial charge in [0.05, 0.1) is 57.8 Å². The van der Waals surface area contributed by atoms with Gasteiger partial charge in [0.25, 0.3) is 29.2 Å². The number of aliphatic hydroxyl groups excluding tert-OH is 1. The minimum Gasteiger partial charge on any atom is -0.497 e. The number of halogens is 8. The summed E-state index contributed by atoms with van der Waals surface area (Å²) in [6.45, 7) is 5.89. The van der Waals surface area contributed by atoms with Crippen molar-refractivity contribution in [2.45, 2.75) is 170 Å². The van der Waals surface area contributed by atoms with Crippen molar-refractivity contribution in [1.82, 2.24) is 25.3 Å². The molecule has 0 bridgehead atoms. The number of aromatic nitrogens is 4. The summed E-state index contributed by atoms with van der Waals surface area (Å²) in [6, 6.07) is 66.3. The summed E-state index contributed by atoms with van der Waals surface area (Å²) in [5.41, 5.74) is 6.94. The fourth-order valence-electron chi connectivity index (χ4n) is 16.4. The highest BCUT2D eigenvalue weighted by Crippen LogP contribution is 2.44. The Bertz CT molecular complexity index is 4440. The lowest BCUT2D eigenvalue weighted by Crippen LogP contribution is -2.43. The molecule has 7 heterocycles. The van der Waals surface area contributed by atoms with Crippen molar-refractivity contribution in [2.75, 3.05) is 99.0 Å². The molecule has 9 aromatic rings. The Kier molecular flexibility index (Phi) is 31.1. The molecule has 24 heteroatoms. The number of methoxy groups -OCH3 is 1. The van der Waals surface area contributed by atoms with E-state index in [-0.39, 0.29) is 81.8 Å². The molecular formula is C93H109F8N9O7.